The second-order valence-corrected chi connectivity index (χ2v) is 4.82. The molecule has 1 aromatic carbocycles. The molecule has 0 atom stereocenters. The number of benzene rings is 1. The number of nitriles is 1. The van der Waals surface area contributed by atoms with E-state index in [0.29, 0.717) is 11.6 Å². The summed E-state index contributed by atoms with van der Waals surface area (Å²) in [5.74, 6) is 0.847. The molecule has 0 aliphatic heterocycles. The van der Waals surface area contributed by atoms with Crippen LogP contribution in [0.2, 0.25) is 0 Å². The van der Waals surface area contributed by atoms with Crippen molar-refractivity contribution >= 4 is 11.6 Å². The second kappa shape index (κ2) is 6.16. The predicted molar refractivity (Wildman–Crippen MR) is 80.0 cm³/mol. The first-order valence-electron chi connectivity index (χ1n) is 6.77. The highest BCUT2D eigenvalue weighted by molar-refractivity contribution is 5.57. The maximum atomic E-state index is 9.13. The van der Waals surface area contributed by atoms with Gasteiger partial charge in [0.1, 0.15) is 11.8 Å². The number of anilines is 2. The Labute approximate surface area is 119 Å². The zero-order chi connectivity index (χ0) is 14.5. The molecule has 0 aliphatic carbocycles. The van der Waals surface area contributed by atoms with Crippen molar-refractivity contribution < 1.29 is 0 Å². The van der Waals surface area contributed by atoms with Gasteiger partial charge in [-0.05, 0) is 31.0 Å². The van der Waals surface area contributed by atoms with Crippen molar-refractivity contribution in [1.82, 2.24) is 9.97 Å². The van der Waals surface area contributed by atoms with Crippen LogP contribution in [-0.4, -0.2) is 16.5 Å². The SMILES string of the molecule is CCN(c1ccccc1)c1nc(C#N)cc(C(C)C)n1. The molecule has 0 fully saturated rings. The highest BCUT2D eigenvalue weighted by Gasteiger charge is 2.14. The fraction of sp³-hybridized carbons (Fsp3) is 0.312. The Morgan fingerprint density at radius 1 is 1.20 bits per heavy atom. The Morgan fingerprint density at radius 3 is 2.45 bits per heavy atom. The molecule has 2 aromatic rings. The van der Waals surface area contributed by atoms with Crippen LogP contribution in [0.25, 0.3) is 0 Å². The summed E-state index contributed by atoms with van der Waals surface area (Å²) in [5.41, 5.74) is 2.33. The van der Waals surface area contributed by atoms with E-state index in [1.807, 2.05) is 42.2 Å². The smallest absolute Gasteiger partial charge is 0.231 e. The van der Waals surface area contributed by atoms with Gasteiger partial charge in [0.2, 0.25) is 5.95 Å². The molecule has 0 bridgehead atoms. The zero-order valence-electron chi connectivity index (χ0n) is 12.0. The molecular weight excluding hydrogens is 248 g/mol. The second-order valence-electron chi connectivity index (χ2n) is 4.82. The van der Waals surface area contributed by atoms with Crippen LogP contribution in [0.1, 0.15) is 38.1 Å². The van der Waals surface area contributed by atoms with Gasteiger partial charge >= 0.3 is 0 Å². The molecule has 0 amide bonds. The number of para-hydroxylation sites is 1. The molecule has 2 rings (SSSR count). The largest absolute Gasteiger partial charge is 0.311 e. The number of hydrogen-bond donors (Lipinski definition) is 0. The van der Waals surface area contributed by atoms with Crippen LogP contribution in [0.5, 0.6) is 0 Å². The monoisotopic (exact) mass is 266 g/mol. The molecule has 20 heavy (non-hydrogen) atoms. The molecule has 4 nitrogen and oxygen atoms in total. The Bertz CT molecular complexity index is 614. The normalized spacial score (nSPS) is 10.3. The van der Waals surface area contributed by atoms with E-state index in [2.05, 4.69) is 29.9 Å². The van der Waals surface area contributed by atoms with E-state index >= 15 is 0 Å². The minimum Gasteiger partial charge on any atom is -0.311 e. The predicted octanol–water partition coefficient (Wildman–Crippen LogP) is 3.63. The molecule has 0 saturated carbocycles. The third kappa shape index (κ3) is 2.94. The minimum absolute atomic E-state index is 0.262. The van der Waals surface area contributed by atoms with Gasteiger partial charge in [0, 0.05) is 17.9 Å². The highest BCUT2D eigenvalue weighted by atomic mass is 15.3. The molecule has 102 valence electrons. The summed E-state index contributed by atoms with van der Waals surface area (Å²) in [5, 5.41) is 9.13. The lowest BCUT2D eigenvalue weighted by molar-refractivity contribution is 0.801. The van der Waals surface area contributed by atoms with Crippen LogP contribution in [-0.2, 0) is 0 Å². The number of rotatable bonds is 4. The number of aromatic nitrogens is 2. The fourth-order valence-corrected chi connectivity index (χ4v) is 1.97. The van der Waals surface area contributed by atoms with Crippen LogP contribution in [0.3, 0.4) is 0 Å². The minimum atomic E-state index is 0.262. The lowest BCUT2D eigenvalue weighted by atomic mass is 10.1. The van der Waals surface area contributed by atoms with Crippen molar-refractivity contribution in [3.05, 3.63) is 47.8 Å². The van der Waals surface area contributed by atoms with E-state index in [-0.39, 0.29) is 5.92 Å². The van der Waals surface area contributed by atoms with E-state index in [9.17, 15) is 0 Å². The number of hydrogen-bond acceptors (Lipinski definition) is 4. The maximum absolute atomic E-state index is 9.13. The molecule has 0 N–H and O–H groups in total. The summed E-state index contributed by atoms with van der Waals surface area (Å²) in [4.78, 5) is 10.9. The van der Waals surface area contributed by atoms with E-state index in [1.54, 1.807) is 6.07 Å². The van der Waals surface area contributed by atoms with Crippen LogP contribution in [0.4, 0.5) is 11.6 Å². The Balaban J connectivity index is 2.50. The standard InChI is InChI=1S/C16H18N4/c1-4-20(14-8-6-5-7-9-14)16-18-13(11-17)10-15(19-16)12(2)3/h5-10,12H,4H2,1-3H3. The third-order valence-corrected chi connectivity index (χ3v) is 3.07. The first kappa shape index (κ1) is 14.0. The third-order valence-electron chi connectivity index (χ3n) is 3.07. The van der Waals surface area contributed by atoms with Crippen molar-refractivity contribution in [2.75, 3.05) is 11.4 Å². The van der Waals surface area contributed by atoms with Gasteiger partial charge < -0.3 is 4.90 Å². The van der Waals surface area contributed by atoms with Crippen LogP contribution >= 0.6 is 0 Å². The fourth-order valence-electron chi connectivity index (χ4n) is 1.97. The maximum Gasteiger partial charge on any atom is 0.231 e. The van der Waals surface area contributed by atoms with E-state index in [0.717, 1.165) is 17.9 Å². The van der Waals surface area contributed by atoms with Crippen LogP contribution in [0.15, 0.2) is 36.4 Å². The molecule has 0 spiro atoms. The van der Waals surface area contributed by atoms with Crippen molar-refractivity contribution in [1.29, 1.82) is 5.26 Å². The van der Waals surface area contributed by atoms with Crippen LogP contribution < -0.4 is 4.90 Å². The quantitative estimate of drug-likeness (QED) is 0.848. The lowest BCUT2D eigenvalue weighted by Crippen LogP contribution is -2.20. The summed E-state index contributed by atoms with van der Waals surface area (Å²) >= 11 is 0. The van der Waals surface area contributed by atoms with Crippen LogP contribution in [0, 0.1) is 11.3 Å². The summed E-state index contributed by atoms with van der Waals surface area (Å²) in [7, 11) is 0. The van der Waals surface area contributed by atoms with E-state index in [1.165, 1.54) is 0 Å². The summed E-state index contributed by atoms with van der Waals surface area (Å²) in [6.07, 6.45) is 0. The highest BCUT2D eigenvalue weighted by Crippen LogP contribution is 2.23. The number of nitrogens with zero attached hydrogens (tertiary/aromatic N) is 4. The van der Waals surface area contributed by atoms with Crippen molar-refractivity contribution in [2.45, 2.75) is 26.7 Å². The first-order valence-corrected chi connectivity index (χ1v) is 6.77. The van der Waals surface area contributed by atoms with Crippen molar-refractivity contribution in [2.24, 2.45) is 0 Å². The molecule has 4 heteroatoms. The van der Waals surface area contributed by atoms with Crippen molar-refractivity contribution in [3.8, 4) is 6.07 Å². The average Bonchev–Trinajstić information content (AvgIpc) is 2.48. The molecule has 0 unspecified atom stereocenters. The zero-order valence-corrected chi connectivity index (χ0v) is 12.0. The summed E-state index contributed by atoms with van der Waals surface area (Å²) in [6.45, 7) is 6.92. The van der Waals surface area contributed by atoms with Gasteiger partial charge in [0.15, 0.2) is 0 Å². The average molecular weight is 266 g/mol. The molecule has 0 saturated heterocycles. The molecule has 0 radical (unpaired) electrons. The molecule has 1 aromatic heterocycles. The first-order chi connectivity index (χ1) is 9.65. The van der Waals surface area contributed by atoms with Gasteiger partial charge in [0.05, 0.1) is 0 Å². The topological polar surface area (TPSA) is 52.8 Å². The van der Waals surface area contributed by atoms with Gasteiger partial charge in [0.25, 0.3) is 0 Å². The van der Waals surface area contributed by atoms with Gasteiger partial charge in [-0.1, -0.05) is 32.0 Å². The Kier molecular flexibility index (Phi) is 4.31. The Hall–Kier alpha value is -2.41. The lowest BCUT2D eigenvalue weighted by Gasteiger charge is -2.22. The van der Waals surface area contributed by atoms with Crippen molar-refractivity contribution in [3.63, 3.8) is 0 Å². The van der Waals surface area contributed by atoms with Gasteiger partial charge in [-0.3, -0.25) is 0 Å². The molecule has 0 aliphatic rings. The van der Waals surface area contributed by atoms with Gasteiger partial charge in [-0.15, -0.1) is 0 Å². The summed E-state index contributed by atoms with van der Waals surface area (Å²) < 4.78 is 0. The summed E-state index contributed by atoms with van der Waals surface area (Å²) in [6, 6.07) is 13.8. The molecule has 1 heterocycles. The van der Waals surface area contributed by atoms with E-state index in [4.69, 9.17) is 5.26 Å². The molecular formula is C16H18N4. The van der Waals surface area contributed by atoms with E-state index < -0.39 is 0 Å². The van der Waals surface area contributed by atoms with Gasteiger partial charge in [-0.25, -0.2) is 9.97 Å². The van der Waals surface area contributed by atoms with Gasteiger partial charge in [-0.2, -0.15) is 5.26 Å². The Morgan fingerprint density at radius 2 is 1.90 bits per heavy atom.